The highest BCUT2D eigenvalue weighted by atomic mass is 31.2. The first-order chi connectivity index (χ1) is 16.0. The van der Waals surface area contributed by atoms with Crippen molar-refractivity contribution < 1.29 is 33.6 Å². The van der Waals surface area contributed by atoms with Crippen LogP contribution < -0.4 is 9.79 Å². The van der Waals surface area contributed by atoms with Gasteiger partial charge in [-0.1, -0.05) is 103 Å². The predicted octanol–water partition coefficient (Wildman–Crippen LogP) is 4.26. The van der Waals surface area contributed by atoms with Gasteiger partial charge in [0.15, 0.2) is 0 Å². The number of hydrogen-bond acceptors (Lipinski definition) is 6. The highest BCUT2D eigenvalue weighted by molar-refractivity contribution is 7.45. The van der Waals surface area contributed by atoms with Crippen LogP contribution in [0.25, 0.3) is 0 Å². The number of phosphoric ester groups is 1. The molecule has 0 aliphatic heterocycles. The van der Waals surface area contributed by atoms with E-state index in [-0.39, 0.29) is 13.2 Å². The van der Waals surface area contributed by atoms with Gasteiger partial charge in [-0.15, -0.1) is 0 Å². The van der Waals surface area contributed by atoms with E-state index in [1.165, 1.54) is 114 Å². The van der Waals surface area contributed by atoms with Gasteiger partial charge in [-0.25, -0.2) is 0 Å². The van der Waals surface area contributed by atoms with Crippen molar-refractivity contribution in [1.29, 1.82) is 0 Å². The third-order valence-electron chi connectivity index (χ3n) is 6.01. The second-order valence-corrected chi connectivity index (χ2v) is 10.5. The van der Waals surface area contributed by atoms with Crippen LogP contribution in [0.15, 0.2) is 0 Å². The lowest BCUT2D eigenvalue weighted by molar-refractivity contribution is -0.901. The molecule has 0 aliphatic carbocycles. The topological polar surface area (TPSA) is 103 Å². The van der Waals surface area contributed by atoms with Gasteiger partial charge in [0.1, 0.15) is 13.1 Å². The summed E-state index contributed by atoms with van der Waals surface area (Å²) >= 11 is 0. The number of aliphatic hydroxyl groups is 2. The molecule has 0 amide bonds. The van der Waals surface area contributed by atoms with Crippen LogP contribution in [0, 0.1) is 0 Å². The molecule has 0 spiro atoms. The highest BCUT2D eigenvalue weighted by Crippen LogP contribution is 2.34. The van der Waals surface area contributed by atoms with Gasteiger partial charge < -0.3 is 29.1 Å². The number of unbranched alkanes of at least 4 members (excludes halogenated alkanes) is 16. The van der Waals surface area contributed by atoms with Crippen molar-refractivity contribution in [3.05, 3.63) is 0 Å². The molecule has 3 N–H and O–H groups in total. The molecule has 0 aromatic heterocycles. The molecule has 0 aromatic carbocycles. The maximum absolute atomic E-state index is 9.95. The summed E-state index contributed by atoms with van der Waals surface area (Å²) in [6, 6.07) is 0. The van der Waals surface area contributed by atoms with E-state index < -0.39 is 7.82 Å². The third-order valence-corrected chi connectivity index (χ3v) is 6.91. The van der Waals surface area contributed by atoms with Crippen LogP contribution in [0.1, 0.15) is 116 Å². The van der Waals surface area contributed by atoms with Crippen LogP contribution >= 0.6 is 7.82 Å². The molecule has 0 bridgehead atoms. The van der Waals surface area contributed by atoms with Gasteiger partial charge in [0.05, 0.1) is 19.8 Å². The summed E-state index contributed by atoms with van der Waals surface area (Å²) in [6.45, 7) is 5.40. The van der Waals surface area contributed by atoms with Crippen molar-refractivity contribution >= 4 is 7.82 Å². The van der Waals surface area contributed by atoms with Crippen molar-refractivity contribution in [3.63, 3.8) is 0 Å². The first kappa shape index (κ1) is 35.2. The summed E-state index contributed by atoms with van der Waals surface area (Å²) in [5, 5.41) is 18.0. The zero-order valence-corrected chi connectivity index (χ0v) is 22.9. The van der Waals surface area contributed by atoms with Crippen LogP contribution in [-0.2, 0) is 13.6 Å². The van der Waals surface area contributed by atoms with Crippen molar-refractivity contribution in [2.75, 3.05) is 47.1 Å². The second-order valence-electron chi connectivity index (χ2n) is 8.92. The third kappa shape index (κ3) is 30.0. The number of quaternary nitrogens is 1. The van der Waals surface area contributed by atoms with Crippen LogP contribution in [0.2, 0.25) is 0 Å². The van der Waals surface area contributed by atoms with Crippen molar-refractivity contribution in [3.8, 4) is 0 Å². The number of nitrogens with one attached hydrogen (secondary N) is 1. The fourth-order valence-electron chi connectivity index (χ4n) is 3.87. The Morgan fingerprint density at radius 1 is 0.606 bits per heavy atom. The van der Waals surface area contributed by atoms with E-state index in [9.17, 15) is 9.46 Å². The van der Waals surface area contributed by atoms with Crippen molar-refractivity contribution in [1.82, 2.24) is 0 Å². The Morgan fingerprint density at radius 2 is 0.909 bits per heavy atom. The predicted molar refractivity (Wildman–Crippen MR) is 136 cm³/mol. The number of hydrogen-bond donors (Lipinski definition) is 3. The van der Waals surface area contributed by atoms with Gasteiger partial charge >= 0.3 is 0 Å². The molecule has 8 heteroatoms. The molecule has 0 unspecified atom stereocenters. The SMILES string of the molecule is CCCCCCCCCCCCCCCCCCC[NH+](CCO)CCO.COP(=O)([O-])OC. The summed E-state index contributed by atoms with van der Waals surface area (Å²) in [6.07, 6.45) is 23.9. The summed E-state index contributed by atoms with van der Waals surface area (Å²) in [4.78, 5) is 11.3. The standard InChI is InChI=1S/C23H49NO2.C2H7O4P/c1-2-3-4-5-6-7-8-9-10-11-12-13-14-15-16-17-18-19-24(20-22-25)21-23-26;1-5-7(3,4)6-2/h25-26H,2-23H2,1H3;1-2H3,(H,3,4). The van der Waals surface area contributed by atoms with E-state index in [1.807, 2.05) is 0 Å². The Morgan fingerprint density at radius 3 is 1.15 bits per heavy atom. The molecule has 0 heterocycles. The average molecular weight is 498 g/mol. The molecule has 7 nitrogen and oxygen atoms in total. The Kier molecular flexibility index (Phi) is 30.1. The summed E-state index contributed by atoms with van der Waals surface area (Å²) in [5.74, 6) is 0. The molecule has 0 fully saturated rings. The molecule has 0 atom stereocenters. The molecule has 0 aromatic rings. The summed E-state index contributed by atoms with van der Waals surface area (Å²) in [5.41, 5.74) is 0. The Bertz CT molecular complexity index is 400. The first-order valence-electron chi connectivity index (χ1n) is 13.4. The molecule has 0 saturated carbocycles. The van der Waals surface area contributed by atoms with Gasteiger partial charge in [-0.3, -0.25) is 4.57 Å². The highest BCUT2D eigenvalue weighted by Gasteiger charge is 2.05. The minimum atomic E-state index is -3.90. The molecule has 202 valence electrons. The van der Waals surface area contributed by atoms with E-state index in [4.69, 9.17) is 10.2 Å². The lowest BCUT2D eigenvalue weighted by Gasteiger charge is -2.17. The molecule has 33 heavy (non-hydrogen) atoms. The van der Waals surface area contributed by atoms with Gasteiger partial charge in [0.2, 0.25) is 0 Å². The van der Waals surface area contributed by atoms with Gasteiger partial charge in [-0.2, -0.15) is 0 Å². The molecule has 0 aliphatic rings. The molecule has 0 radical (unpaired) electrons. The van der Waals surface area contributed by atoms with E-state index in [1.54, 1.807) is 0 Å². The Labute approximate surface area is 204 Å². The maximum atomic E-state index is 9.95. The van der Waals surface area contributed by atoms with Gasteiger partial charge in [-0.05, 0) is 12.8 Å². The van der Waals surface area contributed by atoms with Crippen molar-refractivity contribution in [2.45, 2.75) is 116 Å². The monoisotopic (exact) mass is 497 g/mol. The van der Waals surface area contributed by atoms with Gasteiger partial charge in [0, 0.05) is 14.2 Å². The smallest absolute Gasteiger partial charge is 0.267 e. The lowest BCUT2D eigenvalue weighted by atomic mass is 10.0. The van der Waals surface area contributed by atoms with E-state index in [0.717, 1.165) is 33.9 Å². The maximum Gasteiger partial charge on any atom is 0.267 e. The van der Waals surface area contributed by atoms with E-state index in [2.05, 4.69) is 16.0 Å². The normalized spacial score (nSPS) is 11.6. The van der Waals surface area contributed by atoms with Crippen LogP contribution in [-0.4, -0.2) is 57.3 Å². The van der Waals surface area contributed by atoms with Gasteiger partial charge in [0.25, 0.3) is 7.82 Å². The van der Waals surface area contributed by atoms with Crippen LogP contribution in [0.3, 0.4) is 0 Å². The van der Waals surface area contributed by atoms with Crippen LogP contribution in [0.4, 0.5) is 0 Å². The van der Waals surface area contributed by atoms with E-state index >= 15 is 0 Å². The number of aliphatic hydroxyl groups excluding tert-OH is 2. The zero-order chi connectivity index (χ0) is 25.0. The summed E-state index contributed by atoms with van der Waals surface area (Å²) < 4.78 is 17.7. The quantitative estimate of drug-likeness (QED) is 0.136. The molecule has 0 saturated heterocycles. The molecular weight excluding hydrogens is 441 g/mol. The Hall–Kier alpha value is -0.0100. The average Bonchev–Trinajstić information content (AvgIpc) is 2.81. The number of rotatable bonds is 24. The fraction of sp³-hybridized carbons (Fsp3) is 1.00. The zero-order valence-electron chi connectivity index (χ0n) is 22.0. The lowest BCUT2D eigenvalue weighted by Crippen LogP contribution is -3.13. The molecule has 0 rings (SSSR count). The second kappa shape index (κ2) is 28.2. The van der Waals surface area contributed by atoms with E-state index in [0.29, 0.717) is 0 Å². The van der Waals surface area contributed by atoms with Crippen molar-refractivity contribution in [2.24, 2.45) is 0 Å². The Balaban J connectivity index is 0. The minimum absolute atomic E-state index is 0.230. The summed E-state index contributed by atoms with van der Waals surface area (Å²) in [7, 11) is -1.83. The van der Waals surface area contributed by atoms with Crippen LogP contribution in [0.5, 0.6) is 0 Å². The first-order valence-corrected chi connectivity index (χ1v) is 14.9. The fourth-order valence-corrected chi connectivity index (χ4v) is 4.01. The largest absolute Gasteiger partial charge is 0.756 e. The minimum Gasteiger partial charge on any atom is -0.756 e. The number of phosphoric acid groups is 1. The molecular formula is C25H56NO6P.